The van der Waals surface area contributed by atoms with E-state index in [0.717, 1.165) is 39.7 Å². The lowest BCUT2D eigenvalue weighted by Crippen LogP contribution is -2.28. The van der Waals surface area contributed by atoms with Crippen molar-refractivity contribution in [1.29, 1.82) is 0 Å². The molecule has 9 rings (SSSR count). The molecule has 0 fully saturated rings. The van der Waals surface area contributed by atoms with Crippen LogP contribution in [-0.2, 0) is 10.8 Å². The van der Waals surface area contributed by atoms with Gasteiger partial charge in [-0.1, -0.05) is 120 Å². The van der Waals surface area contributed by atoms with E-state index in [0.29, 0.717) is 6.67 Å². The molecule has 0 saturated carbocycles. The highest BCUT2D eigenvalue weighted by atomic mass is 16.5. The molecular formula is C49H44N4O. The lowest BCUT2D eigenvalue weighted by Gasteiger charge is -2.32. The summed E-state index contributed by atoms with van der Waals surface area (Å²) in [6.07, 6.45) is 1.92. The second kappa shape index (κ2) is 13.0. The maximum atomic E-state index is 6.69. The van der Waals surface area contributed by atoms with E-state index < -0.39 is 0 Å². The summed E-state index contributed by atoms with van der Waals surface area (Å²) in [5.41, 5.74) is 10.4. The van der Waals surface area contributed by atoms with Gasteiger partial charge in [0.1, 0.15) is 24.0 Å². The Morgan fingerprint density at radius 3 is 1.98 bits per heavy atom. The number of aromatic nitrogens is 2. The van der Waals surface area contributed by atoms with Gasteiger partial charge >= 0.3 is 0 Å². The third kappa shape index (κ3) is 5.77. The molecule has 2 aromatic heterocycles. The van der Waals surface area contributed by atoms with E-state index in [1.807, 2.05) is 12.3 Å². The van der Waals surface area contributed by atoms with Crippen molar-refractivity contribution in [2.75, 3.05) is 16.5 Å². The Kier molecular flexibility index (Phi) is 8.04. The molecule has 1 aliphatic rings. The SMILES string of the molecule is CC(C)(C)c1ccnc(-n2c3ccccc3c3ccc(Oc4cccc(N5CN(c6ccccc6C(C)(C)c6ccccc6)c6ccccc65)c4)cc32)c1. The number of nitrogens with zero attached hydrogens (tertiary/aromatic N) is 4. The van der Waals surface area contributed by atoms with Gasteiger partial charge in [0.05, 0.1) is 22.4 Å². The minimum Gasteiger partial charge on any atom is -0.457 e. The first kappa shape index (κ1) is 33.5. The van der Waals surface area contributed by atoms with Crippen LogP contribution in [0.4, 0.5) is 22.7 Å². The van der Waals surface area contributed by atoms with Crippen molar-refractivity contribution in [3.05, 3.63) is 181 Å². The first-order chi connectivity index (χ1) is 26.2. The van der Waals surface area contributed by atoms with Crippen LogP contribution in [0.25, 0.3) is 27.6 Å². The molecule has 0 saturated heterocycles. The molecule has 1 aliphatic heterocycles. The highest BCUT2D eigenvalue weighted by molar-refractivity contribution is 6.09. The lowest BCUT2D eigenvalue weighted by molar-refractivity contribution is 0.483. The van der Waals surface area contributed by atoms with Crippen LogP contribution in [0.5, 0.6) is 11.5 Å². The number of anilines is 4. The van der Waals surface area contributed by atoms with Crippen LogP contribution in [0.1, 0.15) is 51.3 Å². The second-order valence-electron chi connectivity index (χ2n) is 15.8. The predicted octanol–water partition coefficient (Wildman–Crippen LogP) is 12.8. The Bertz CT molecular complexity index is 2650. The first-order valence-electron chi connectivity index (χ1n) is 18.7. The largest absolute Gasteiger partial charge is 0.457 e. The number of benzene rings is 6. The Labute approximate surface area is 317 Å². The molecule has 0 spiro atoms. The van der Waals surface area contributed by atoms with Gasteiger partial charge in [0.15, 0.2) is 0 Å². The summed E-state index contributed by atoms with van der Waals surface area (Å²) in [5.74, 6) is 2.46. The molecule has 3 heterocycles. The number of fused-ring (bicyclic) bond motifs is 4. The quantitative estimate of drug-likeness (QED) is 0.165. The Morgan fingerprint density at radius 2 is 1.19 bits per heavy atom. The monoisotopic (exact) mass is 704 g/mol. The summed E-state index contributed by atoms with van der Waals surface area (Å²) in [7, 11) is 0. The van der Waals surface area contributed by atoms with Crippen molar-refractivity contribution in [3.8, 4) is 17.3 Å². The van der Waals surface area contributed by atoms with E-state index in [2.05, 4.69) is 201 Å². The molecule has 54 heavy (non-hydrogen) atoms. The topological polar surface area (TPSA) is 33.5 Å². The fourth-order valence-electron chi connectivity index (χ4n) is 8.01. The number of rotatable bonds is 7. The van der Waals surface area contributed by atoms with E-state index in [1.165, 1.54) is 38.8 Å². The van der Waals surface area contributed by atoms with Gasteiger partial charge in [-0.05, 0) is 82.8 Å². The molecular weight excluding hydrogens is 661 g/mol. The standard InChI is InChI=1S/C49H44N4O/c1-48(2,3)35-28-29-50-47(30-35)53-42-22-11-9-20-39(42)40-27-26-38(32-46(40)53)54-37-19-15-18-36(31-37)51-33-52(45-25-14-13-24-44(45)51)43-23-12-10-21-41(43)49(4,5)34-16-7-6-8-17-34/h6-32H,33H2,1-5H3. The van der Waals surface area contributed by atoms with E-state index in [-0.39, 0.29) is 10.8 Å². The maximum Gasteiger partial charge on any atom is 0.137 e. The van der Waals surface area contributed by atoms with E-state index in [1.54, 1.807) is 0 Å². The van der Waals surface area contributed by atoms with Crippen LogP contribution >= 0.6 is 0 Å². The van der Waals surface area contributed by atoms with Crippen molar-refractivity contribution in [2.45, 2.75) is 45.4 Å². The van der Waals surface area contributed by atoms with Crippen molar-refractivity contribution in [1.82, 2.24) is 9.55 Å². The van der Waals surface area contributed by atoms with Crippen LogP contribution in [0.15, 0.2) is 164 Å². The van der Waals surface area contributed by atoms with Gasteiger partial charge in [-0.2, -0.15) is 0 Å². The van der Waals surface area contributed by atoms with Gasteiger partial charge in [0, 0.05) is 45.9 Å². The van der Waals surface area contributed by atoms with Crippen molar-refractivity contribution < 1.29 is 4.74 Å². The summed E-state index contributed by atoms with van der Waals surface area (Å²) < 4.78 is 8.95. The zero-order valence-corrected chi connectivity index (χ0v) is 31.5. The summed E-state index contributed by atoms with van der Waals surface area (Å²) in [6, 6.07) is 56.0. The third-order valence-corrected chi connectivity index (χ3v) is 11.0. The smallest absolute Gasteiger partial charge is 0.137 e. The van der Waals surface area contributed by atoms with Crippen LogP contribution < -0.4 is 14.5 Å². The molecule has 0 N–H and O–H groups in total. The molecule has 0 radical (unpaired) electrons. The van der Waals surface area contributed by atoms with Crippen molar-refractivity contribution >= 4 is 44.6 Å². The third-order valence-electron chi connectivity index (χ3n) is 11.0. The molecule has 0 atom stereocenters. The van der Waals surface area contributed by atoms with Gasteiger partial charge in [-0.15, -0.1) is 0 Å². The van der Waals surface area contributed by atoms with Gasteiger partial charge in [-0.3, -0.25) is 4.57 Å². The second-order valence-corrected chi connectivity index (χ2v) is 15.8. The molecule has 8 aromatic rings. The van der Waals surface area contributed by atoms with E-state index in [9.17, 15) is 0 Å². The molecule has 0 bridgehead atoms. The van der Waals surface area contributed by atoms with Crippen LogP contribution in [0.3, 0.4) is 0 Å². The molecule has 0 aliphatic carbocycles. The molecule has 0 amide bonds. The number of para-hydroxylation sites is 4. The van der Waals surface area contributed by atoms with Gasteiger partial charge in [0.2, 0.25) is 0 Å². The van der Waals surface area contributed by atoms with Gasteiger partial charge in [-0.25, -0.2) is 4.98 Å². The highest BCUT2D eigenvalue weighted by Crippen LogP contribution is 2.48. The summed E-state index contributed by atoms with van der Waals surface area (Å²) in [6.45, 7) is 12.0. The van der Waals surface area contributed by atoms with E-state index >= 15 is 0 Å². The first-order valence-corrected chi connectivity index (χ1v) is 18.7. The molecule has 266 valence electrons. The Hall–Kier alpha value is -6.33. The number of pyridine rings is 1. The minimum absolute atomic E-state index is 0.00472. The van der Waals surface area contributed by atoms with Gasteiger partial charge < -0.3 is 14.5 Å². The van der Waals surface area contributed by atoms with Crippen LogP contribution in [-0.4, -0.2) is 16.2 Å². The van der Waals surface area contributed by atoms with Crippen LogP contribution in [0, 0.1) is 0 Å². The highest BCUT2D eigenvalue weighted by Gasteiger charge is 2.33. The molecule has 0 unspecified atom stereocenters. The maximum absolute atomic E-state index is 6.69. The Balaban J connectivity index is 1.07. The number of ether oxygens (including phenoxy) is 1. The molecule has 5 heteroatoms. The number of hydrogen-bond donors (Lipinski definition) is 0. The van der Waals surface area contributed by atoms with Gasteiger partial charge in [0.25, 0.3) is 0 Å². The number of hydrogen-bond acceptors (Lipinski definition) is 4. The fraction of sp³-hybridized carbons (Fsp3) is 0.163. The molecule has 5 nitrogen and oxygen atoms in total. The minimum atomic E-state index is -0.188. The summed E-state index contributed by atoms with van der Waals surface area (Å²) in [5, 5.41) is 2.36. The lowest BCUT2D eigenvalue weighted by atomic mass is 9.77. The van der Waals surface area contributed by atoms with E-state index in [4.69, 9.17) is 9.72 Å². The normalized spacial score (nSPS) is 13.1. The Morgan fingerprint density at radius 1 is 0.519 bits per heavy atom. The van der Waals surface area contributed by atoms with Crippen LogP contribution in [0.2, 0.25) is 0 Å². The average Bonchev–Trinajstić information content (AvgIpc) is 3.74. The average molecular weight is 705 g/mol. The zero-order chi connectivity index (χ0) is 37.0. The summed E-state index contributed by atoms with van der Waals surface area (Å²) in [4.78, 5) is 9.68. The molecule has 6 aromatic carbocycles. The fourth-order valence-corrected chi connectivity index (χ4v) is 8.01. The predicted molar refractivity (Wildman–Crippen MR) is 224 cm³/mol. The summed E-state index contributed by atoms with van der Waals surface area (Å²) >= 11 is 0. The van der Waals surface area contributed by atoms with Crippen molar-refractivity contribution in [2.24, 2.45) is 0 Å². The zero-order valence-electron chi connectivity index (χ0n) is 31.5. The van der Waals surface area contributed by atoms with Crippen molar-refractivity contribution in [3.63, 3.8) is 0 Å².